The van der Waals surface area contributed by atoms with Crippen molar-refractivity contribution in [1.82, 2.24) is 5.48 Å². The number of benzene rings is 1. The number of hydroxylamine groups is 1. The SMILES string of the molecule is CON=C(C)C1(ONC(=O)OC(C)(C)C)C(=O)N(c2ccccc2)N=C1C. The molecule has 1 aromatic carbocycles. The number of para-hydroxylation sites is 1. The van der Waals surface area contributed by atoms with Crippen molar-refractivity contribution in [3.05, 3.63) is 30.3 Å². The number of nitrogens with zero attached hydrogens (tertiary/aromatic N) is 3. The van der Waals surface area contributed by atoms with E-state index >= 15 is 0 Å². The van der Waals surface area contributed by atoms with Gasteiger partial charge in [-0.15, -0.1) is 0 Å². The lowest BCUT2D eigenvalue weighted by Crippen LogP contribution is -2.57. The second-order valence-electron chi connectivity index (χ2n) is 6.88. The minimum absolute atomic E-state index is 0.172. The Morgan fingerprint density at radius 2 is 1.89 bits per heavy atom. The highest BCUT2D eigenvalue weighted by Crippen LogP contribution is 2.30. The van der Waals surface area contributed by atoms with Gasteiger partial charge in [-0.05, 0) is 46.8 Å². The second kappa shape index (κ2) is 7.75. The highest BCUT2D eigenvalue weighted by molar-refractivity contribution is 6.35. The smallest absolute Gasteiger partial charge is 0.431 e. The molecule has 0 radical (unpaired) electrons. The summed E-state index contributed by atoms with van der Waals surface area (Å²) in [7, 11) is 1.35. The molecule has 2 amide bonds. The van der Waals surface area contributed by atoms with E-state index in [1.54, 1.807) is 58.9 Å². The summed E-state index contributed by atoms with van der Waals surface area (Å²) in [5.74, 6) is -0.541. The molecule has 27 heavy (non-hydrogen) atoms. The number of hydrogen-bond donors (Lipinski definition) is 1. The number of carbonyl (C=O) groups excluding carboxylic acids is 2. The van der Waals surface area contributed by atoms with Crippen LogP contribution in [-0.2, 0) is 19.2 Å². The van der Waals surface area contributed by atoms with E-state index in [9.17, 15) is 9.59 Å². The molecule has 9 heteroatoms. The molecule has 0 spiro atoms. The van der Waals surface area contributed by atoms with Gasteiger partial charge in [0.05, 0.1) is 11.4 Å². The zero-order valence-electron chi connectivity index (χ0n) is 16.3. The number of nitrogens with one attached hydrogen (secondary N) is 1. The van der Waals surface area contributed by atoms with Crippen LogP contribution in [0.25, 0.3) is 0 Å². The summed E-state index contributed by atoms with van der Waals surface area (Å²) in [4.78, 5) is 35.6. The predicted octanol–water partition coefficient (Wildman–Crippen LogP) is 2.63. The number of carbonyl (C=O) groups is 2. The molecule has 0 aromatic heterocycles. The Balaban J connectivity index is 2.35. The monoisotopic (exact) mass is 376 g/mol. The lowest BCUT2D eigenvalue weighted by Gasteiger charge is -2.28. The largest absolute Gasteiger partial charge is 0.442 e. The van der Waals surface area contributed by atoms with E-state index < -0.39 is 23.2 Å². The van der Waals surface area contributed by atoms with Gasteiger partial charge in [0.1, 0.15) is 18.4 Å². The molecule has 1 N–H and O–H groups in total. The molecule has 1 aromatic rings. The van der Waals surface area contributed by atoms with Crippen molar-refractivity contribution in [2.75, 3.05) is 12.1 Å². The minimum Gasteiger partial charge on any atom is -0.442 e. The maximum atomic E-state index is 13.2. The van der Waals surface area contributed by atoms with Gasteiger partial charge in [-0.2, -0.15) is 15.6 Å². The topological polar surface area (TPSA) is 102 Å². The van der Waals surface area contributed by atoms with Gasteiger partial charge in [0.15, 0.2) is 0 Å². The van der Waals surface area contributed by atoms with E-state index in [0.717, 1.165) is 0 Å². The molecule has 1 heterocycles. The van der Waals surface area contributed by atoms with E-state index in [1.165, 1.54) is 12.1 Å². The Kier molecular flexibility index (Phi) is 5.85. The normalized spacial score (nSPS) is 20.4. The number of ether oxygens (including phenoxy) is 1. The number of oxime groups is 1. The number of hydrazone groups is 1. The molecule has 1 aliphatic heterocycles. The second-order valence-corrected chi connectivity index (χ2v) is 6.88. The summed E-state index contributed by atoms with van der Waals surface area (Å²) in [6.07, 6.45) is -0.842. The third-order valence-electron chi connectivity index (χ3n) is 3.68. The Morgan fingerprint density at radius 3 is 2.44 bits per heavy atom. The molecule has 146 valence electrons. The maximum Gasteiger partial charge on any atom is 0.431 e. The Labute approximate surface area is 157 Å². The summed E-state index contributed by atoms with van der Waals surface area (Å²) in [5, 5.41) is 9.32. The first-order valence-corrected chi connectivity index (χ1v) is 8.32. The number of rotatable bonds is 5. The molecule has 1 atom stereocenters. The van der Waals surface area contributed by atoms with Crippen LogP contribution >= 0.6 is 0 Å². The predicted molar refractivity (Wildman–Crippen MR) is 100 cm³/mol. The average Bonchev–Trinajstić information content (AvgIpc) is 2.84. The summed E-state index contributed by atoms with van der Waals surface area (Å²) in [6, 6.07) is 8.85. The van der Waals surface area contributed by atoms with Crippen molar-refractivity contribution >= 4 is 29.1 Å². The molecule has 0 aliphatic carbocycles. The minimum atomic E-state index is -1.75. The zero-order chi connectivity index (χ0) is 20.2. The quantitative estimate of drug-likeness (QED) is 0.629. The standard InChI is InChI=1S/C18H24N4O5/c1-12-18(13(2)20-25-6,27-21-16(24)26-17(3,4)5)15(23)22(19-12)14-10-8-7-9-11-14/h7-11H,1-6H3,(H,21,24). The van der Waals surface area contributed by atoms with Crippen LogP contribution in [0, 0.1) is 0 Å². The van der Waals surface area contributed by atoms with Crippen molar-refractivity contribution < 1.29 is 24.0 Å². The van der Waals surface area contributed by atoms with E-state index in [2.05, 4.69) is 15.7 Å². The van der Waals surface area contributed by atoms with Crippen molar-refractivity contribution in [3.8, 4) is 0 Å². The highest BCUT2D eigenvalue weighted by atomic mass is 16.7. The Bertz CT molecular complexity index is 770. The van der Waals surface area contributed by atoms with Crippen LogP contribution in [0.2, 0.25) is 0 Å². The average molecular weight is 376 g/mol. The van der Waals surface area contributed by atoms with Gasteiger partial charge in [-0.3, -0.25) is 4.79 Å². The summed E-state index contributed by atoms with van der Waals surface area (Å²) in [6.45, 7) is 8.29. The molecule has 0 saturated heterocycles. The van der Waals surface area contributed by atoms with E-state index in [-0.39, 0.29) is 11.4 Å². The van der Waals surface area contributed by atoms with Crippen LogP contribution in [0.5, 0.6) is 0 Å². The molecular formula is C18H24N4O5. The molecule has 0 bridgehead atoms. The van der Waals surface area contributed by atoms with Crippen molar-refractivity contribution in [2.45, 2.75) is 45.8 Å². The van der Waals surface area contributed by atoms with Gasteiger partial charge in [0.25, 0.3) is 11.5 Å². The van der Waals surface area contributed by atoms with Gasteiger partial charge in [-0.25, -0.2) is 9.63 Å². The molecular weight excluding hydrogens is 352 g/mol. The lowest BCUT2D eigenvalue weighted by molar-refractivity contribution is -0.133. The van der Waals surface area contributed by atoms with Gasteiger partial charge in [0, 0.05) is 0 Å². The summed E-state index contributed by atoms with van der Waals surface area (Å²) in [5.41, 5.74) is 0.700. The van der Waals surface area contributed by atoms with Gasteiger partial charge in [-0.1, -0.05) is 23.4 Å². The van der Waals surface area contributed by atoms with Crippen LogP contribution < -0.4 is 10.5 Å². The molecule has 1 unspecified atom stereocenters. The van der Waals surface area contributed by atoms with E-state index in [1.807, 2.05) is 6.07 Å². The molecule has 0 saturated carbocycles. The van der Waals surface area contributed by atoms with Crippen LogP contribution in [0.3, 0.4) is 0 Å². The first-order chi connectivity index (χ1) is 12.6. The van der Waals surface area contributed by atoms with Gasteiger partial charge < -0.3 is 9.57 Å². The van der Waals surface area contributed by atoms with E-state index in [4.69, 9.17) is 14.4 Å². The van der Waals surface area contributed by atoms with Gasteiger partial charge >= 0.3 is 6.09 Å². The summed E-state index contributed by atoms with van der Waals surface area (Å²) >= 11 is 0. The van der Waals surface area contributed by atoms with Crippen molar-refractivity contribution in [3.63, 3.8) is 0 Å². The molecule has 9 nitrogen and oxygen atoms in total. The van der Waals surface area contributed by atoms with Crippen LogP contribution in [0.1, 0.15) is 34.6 Å². The fourth-order valence-electron chi connectivity index (χ4n) is 2.54. The van der Waals surface area contributed by atoms with Crippen LogP contribution in [0.15, 0.2) is 40.6 Å². The van der Waals surface area contributed by atoms with Gasteiger partial charge in [0.2, 0.25) is 0 Å². The lowest BCUT2D eigenvalue weighted by atomic mass is 9.93. The Morgan fingerprint density at radius 1 is 1.26 bits per heavy atom. The number of hydrogen-bond acceptors (Lipinski definition) is 7. The fraction of sp³-hybridized carbons (Fsp3) is 0.444. The maximum absolute atomic E-state index is 13.2. The van der Waals surface area contributed by atoms with Crippen molar-refractivity contribution in [1.29, 1.82) is 0 Å². The highest BCUT2D eigenvalue weighted by Gasteiger charge is 2.55. The molecule has 0 fully saturated rings. The third kappa shape index (κ3) is 4.25. The third-order valence-corrected chi connectivity index (χ3v) is 3.68. The zero-order valence-corrected chi connectivity index (χ0v) is 16.3. The van der Waals surface area contributed by atoms with Crippen LogP contribution in [-0.4, -0.2) is 41.7 Å². The molecule has 1 aliphatic rings. The molecule has 2 rings (SSSR count). The first kappa shape index (κ1) is 20.4. The van der Waals surface area contributed by atoms with E-state index in [0.29, 0.717) is 5.69 Å². The fourth-order valence-corrected chi connectivity index (χ4v) is 2.54. The van der Waals surface area contributed by atoms with Crippen LogP contribution in [0.4, 0.5) is 10.5 Å². The van der Waals surface area contributed by atoms with Crippen molar-refractivity contribution in [2.24, 2.45) is 10.3 Å². The Hall–Kier alpha value is -2.94. The number of anilines is 1. The number of amides is 2. The summed E-state index contributed by atoms with van der Waals surface area (Å²) < 4.78 is 5.15. The first-order valence-electron chi connectivity index (χ1n) is 8.32.